The standard InChI is InChI=1S/C17H19FN4O2/c18-12-2-4-13(5-3-12)21-16(23)22-14-6-8-15(9-7-14)24-17-19-10-1-11-20-17/h1-5,10-11,14-15H,6-9H2,(H2,21,22,23). The molecule has 0 spiro atoms. The van der Waals surface area contributed by atoms with Gasteiger partial charge in [0.05, 0.1) is 0 Å². The second-order valence-corrected chi connectivity index (χ2v) is 5.73. The number of ether oxygens (including phenoxy) is 1. The van der Waals surface area contributed by atoms with Crippen LogP contribution in [-0.4, -0.2) is 28.1 Å². The van der Waals surface area contributed by atoms with E-state index in [0.717, 1.165) is 25.7 Å². The van der Waals surface area contributed by atoms with Gasteiger partial charge in [0.2, 0.25) is 0 Å². The van der Waals surface area contributed by atoms with Gasteiger partial charge in [-0.05, 0) is 56.0 Å². The number of amides is 2. The van der Waals surface area contributed by atoms with Gasteiger partial charge >= 0.3 is 12.0 Å². The summed E-state index contributed by atoms with van der Waals surface area (Å²) in [5, 5.41) is 5.64. The predicted octanol–water partition coefficient (Wildman–Crippen LogP) is 3.13. The Bertz CT molecular complexity index is 658. The topological polar surface area (TPSA) is 76.1 Å². The van der Waals surface area contributed by atoms with Gasteiger partial charge in [0.25, 0.3) is 0 Å². The maximum absolute atomic E-state index is 12.8. The lowest BCUT2D eigenvalue weighted by molar-refractivity contribution is 0.129. The van der Waals surface area contributed by atoms with E-state index in [4.69, 9.17) is 4.74 Å². The quantitative estimate of drug-likeness (QED) is 0.903. The number of halogens is 1. The molecule has 1 aromatic carbocycles. The van der Waals surface area contributed by atoms with Crippen molar-refractivity contribution in [3.63, 3.8) is 0 Å². The summed E-state index contributed by atoms with van der Waals surface area (Å²) in [5.41, 5.74) is 0.562. The number of rotatable bonds is 4. The van der Waals surface area contributed by atoms with Crippen LogP contribution < -0.4 is 15.4 Å². The molecular weight excluding hydrogens is 311 g/mol. The van der Waals surface area contributed by atoms with E-state index in [1.54, 1.807) is 18.5 Å². The van der Waals surface area contributed by atoms with Crippen molar-refractivity contribution in [2.75, 3.05) is 5.32 Å². The molecule has 7 heteroatoms. The van der Waals surface area contributed by atoms with E-state index in [1.165, 1.54) is 24.3 Å². The van der Waals surface area contributed by atoms with Crippen molar-refractivity contribution in [2.24, 2.45) is 0 Å². The number of nitrogens with zero attached hydrogens (tertiary/aromatic N) is 2. The van der Waals surface area contributed by atoms with E-state index in [2.05, 4.69) is 20.6 Å². The summed E-state index contributed by atoms with van der Waals surface area (Å²) in [4.78, 5) is 20.1. The Labute approximate surface area is 139 Å². The molecule has 3 rings (SSSR count). The van der Waals surface area contributed by atoms with Gasteiger partial charge in [-0.25, -0.2) is 19.2 Å². The summed E-state index contributed by atoms with van der Waals surface area (Å²) in [5.74, 6) is -0.332. The molecule has 24 heavy (non-hydrogen) atoms. The number of carbonyl (C=O) groups excluding carboxylic acids is 1. The number of carbonyl (C=O) groups is 1. The van der Waals surface area contributed by atoms with Crippen LogP contribution in [0.15, 0.2) is 42.7 Å². The molecule has 0 unspecified atom stereocenters. The van der Waals surface area contributed by atoms with Gasteiger partial charge < -0.3 is 15.4 Å². The highest BCUT2D eigenvalue weighted by Crippen LogP contribution is 2.22. The number of aromatic nitrogens is 2. The van der Waals surface area contributed by atoms with Gasteiger partial charge in [-0.2, -0.15) is 0 Å². The molecule has 1 saturated carbocycles. The van der Waals surface area contributed by atoms with E-state index >= 15 is 0 Å². The van der Waals surface area contributed by atoms with Crippen LogP contribution in [-0.2, 0) is 0 Å². The van der Waals surface area contributed by atoms with Gasteiger partial charge in [0.15, 0.2) is 0 Å². The van der Waals surface area contributed by atoms with Crippen LogP contribution in [0.3, 0.4) is 0 Å². The van der Waals surface area contributed by atoms with Gasteiger partial charge in [0.1, 0.15) is 11.9 Å². The highest BCUT2D eigenvalue weighted by atomic mass is 19.1. The summed E-state index contributed by atoms with van der Waals surface area (Å²) in [7, 11) is 0. The van der Waals surface area contributed by atoms with E-state index < -0.39 is 0 Å². The highest BCUT2D eigenvalue weighted by Gasteiger charge is 2.24. The number of urea groups is 1. The van der Waals surface area contributed by atoms with Crippen LogP contribution in [0.2, 0.25) is 0 Å². The van der Waals surface area contributed by atoms with E-state index in [9.17, 15) is 9.18 Å². The smallest absolute Gasteiger partial charge is 0.319 e. The minimum atomic E-state index is -0.332. The highest BCUT2D eigenvalue weighted by molar-refractivity contribution is 5.89. The first-order valence-corrected chi connectivity index (χ1v) is 7.96. The number of anilines is 1. The zero-order valence-corrected chi connectivity index (χ0v) is 13.1. The Balaban J connectivity index is 1.41. The van der Waals surface area contributed by atoms with Crippen molar-refractivity contribution >= 4 is 11.7 Å². The molecule has 2 aromatic rings. The summed E-state index contributed by atoms with van der Waals surface area (Å²) in [6.07, 6.45) is 6.69. The second-order valence-electron chi connectivity index (χ2n) is 5.73. The molecule has 0 atom stereocenters. The summed E-state index contributed by atoms with van der Waals surface area (Å²) < 4.78 is 18.6. The first-order valence-electron chi connectivity index (χ1n) is 7.96. The molecular formula is C17H19FN4O2. The van der Waals surface area contributed by atoms with Crippen LogP contribution in [0.25, 0.3) is 0 Å². The monoisotopic (exact) mass is 330 g/mol. The predicted molar refractivity (Wildman–Crippen MR) is 87.3 cm³/mol. The minimum Gasteiger partial charge on any atom is -0.460 e. The van der Waals surface area contributed by atoms with Gasteiger partial charge in [-0.1, -0.05) is 0 Å². The van der Waals surface area contributed by atoms with Crippen molar-refractivity contribution in [3.8, 4) is 6.01 Å². The summed E-state index contributed by atoms with van der Waals surface area (Å²) >= 11 is 0. The number of benzene rings is 1. The molecule has 6 nitrogen and oxygen atoms in total. The Morgan fingerprint density at radius 1 is 1.08 bits per heavy atom. The fourth-order valence-corrected chi connectivity index (χ4v) is 2.71. The third kappa shape index (κ3) is 4.65. The maximum Gasteiger partial charge on any atom is 0.319 e. The fourth-order valence-electron chi connectivity index (χ4n) is 2.71. The van der Waals surface area contributed by atoms with Crippen LogP contribution in [0, 0.1) is 5.82 Å². The number of nitrogens with one attached hydrogen (secondary N) is 2. The SMILES string of the molecule is O=C(Nc1ccc(F)cc1)NC1CCC(Oc2ncccn2)CC1. The molecule has 1 heterocycles. The second kappa shape index (κ2) is 7.72. The molecule has 2 N–H and O–H groups in total. The molecule has 1 fully saturated rings. The molecule has 0 bridgehead atoms. The average Bonchev–Trinajstić information content (AvgIpc) is 2.60. The molecule has 2 amide bonds. The van der Waals surface area contributed by atoms with Gasteiger partial charge in [-0.15, -0.1) is 0 Å². The van der Waals surface area contributed by atoms with Crippen molar-refractivity contribution in [1.82, 2.24) is 15.3 Å². The third-order valence-corrected chi connectivity index (χ3v) is 3.93. The zero-order chi connectivity index (χ0) is 16.8. The van der Waals surface area contributed by atoms with E-state index in [1.807, 2.05) is 0 Å². The molecule has 126 valence electrons. The largest absolute Gasteiger partial charge is 0.460 e. The average molecular weight is 330 g/mol. The lowest BCUT2D eigenvalue weighted by Gasteiger charge is -2.28. The molecule has 1 aliphatic carbocycles. The first kappa shape index (κ1) is 16.2. The molecule has 0 saturated heterocycles. The maximum atomic E-state index is 12.8. The van der Waals surface area contributed by atoms with Crippen molar-refractivity contribution in [2.45, 2.75) is 37.8 Å². The van der Waals surface area contributed by atoms with Gasteiger partial charge in [-0.3, -0.25) is 0 Å². The molecule has 1 aromatic heterocycles. The summed E-state index contributed by atoms with van der Waals surface area (Å²) in [6, 6.07) is 7.63. The molecule has 0 radical (unpaired) electrons. The van der Waals surface area contributed by atoms with E-state index in [0.29, 0.717) is 11.7 Å². The fraction of sp³-hybridized carbons (Fsp3) is 0.353. The normalized spacial score (nSPS) is 20.2. The van der Waals surface area contributed by atoms with Crippen LogP contribution in [0.5, 0.6) is 6.01 Å². The van der Waals surface area contributed by atoms with Crippen molar-refractivity contribution in [3.05, 3.63) is 48.5 Å². The van der Waals surface area contributed by atoms with Crippen molar-refractivity contribution < 1.29 is 13.9 Å². The number of hydrogen-bond donors (Lipinski definition) is 2. The van der Waals surface area contributed by atoms with Crippen LogP contribution in [0.4, 0.5) is 14.9 Å². The Morgan fingerprint density at radius 2 is 1.75 bits per heavy atom. The molecule has 0 aliphatic heterocycles. The van der Waals surface area contributed by atoms with Gasteiger partial charge in [0, 0.05) is 24.1 Å². The van der Waals surface area contributed by atoms with Crippen LogP contribution >= 0.6 is 0 Å². The molecule has 1 aliphatic rings. The number of hydrogen-bond acceptors (Lipinski definition) is 4. The van der Waals surface area contributed by atoms with Crippen LogP contribution in [0.1, 0.15) is 25.7 Å². The summed E-state index contributed by atoms with van der Waals surface area (Å²) in [6.45, 7) is 0. The minimum absolute atomic E-state index is 0.0746. The third-order valence-electron chi connectivity index (χ3n) is 3.93. The first-order chi connectivity index (χ1) is 11.7. The lowest BCUT2D eigenvalue weighted by atomic mass is 9.93. The Morgan fingerprint density at radius 3 is 2.42 bits per heavy atom. The Hall–Kier alpha value is -2.70. The Kier molecular flexibility index (Phi) is 5.20. The van der Waals surface area contributed by atoms with Crippen molar-refractivity contribution in [1.29, 1.82) is 0 Å². The lowest BCUT2D eigenvalue weighted by Crippen LogP contribution is -2.41. The zero-order valence-electron chi connectivity index (χ0n) is 13.1. The van der Waals surface area contributed by atoms with E-state index in [-0.39, 0.29) is 24.0 Å².